The normalized spacial score (nSPS) is 17.0. The number of benzene rings is 1. The van der Waals surface area contributed by atoms with Gasteiger partial charge in [0.2, 0.25) is 0 Å². The van der Waals surface area contributed by atoms with E-state index in [9.17, 15) is 14.0 Å². The van der Waals surface area contributed by atoms with Crippen LogP contribution in [0.1, 0.15) is 30.1 Å². The van der Waals surface area contributed by atoms with Crippen molar-refractivity contribution in [2.24, 2.45) is 5.92 Å². The summed E-state index contributed by atoms with van der Waals surface area (Å²) < 4.78 is 19.1. The van der Waals surface area contributed by atoms with Gasteiger partial charge in [-0.2, -0.15) is 0 Å². The van der Waals surface area contributed by atoms with Crippen molar-refractivity contribution < 1.29 is 18.7 Å². The molecule has 1 aliphatic rings. The predicted molar refractivity (Wildman–Crippen MR) is 94.9 cm³/mol. The van der Waals surface area contributed by atoms with E-state index in [1.54, 1.807) is 36.1 Å². The highest BCUT2D eigenvalue weighted by atomic mass is 19.1. The summed E-state index contributed by atoms with van der Waals surface area (Å²) in [5.74, 6) is -1.12. The van der Waals surface area contributed by atoms with Crippen molar-refractivity contribution in [3.8, 4) is 11.1 Å². The number of rotatable bonds is 4. The lowest BCUT2D eigenvalue weighted by atomic mass is 9.97. The van der Waals surface area contributed by atoms with Crippen LogP contribution in [0.3, 0.4) is 0 Å². The topological polar surface area (TPSA) is 59.5 Å². The third-order valence-corrected chi connectivity index (χ3v) is 4.50. The number of pyridine rings is 1. The number of carbonyl (C=O) groups is 2. The minimum absolute atomic E-state index is 0.204. The Morgan fingerprint density at radius 2 is 2.12 bits per heavy atom. The Kier molecular flexibility index (Phi) is 5.61. The third-order valence-electron chi connectivity index (χ3n) is 4.50. The molecule has 6 heteroatoms. The van der Waals surface area contributed by atoms with Crippen LogP contribution in [-0.2, 0) is 9.53 Å². The minimum atomic E-state index is -0.362. The lowest BCUT2D eigenvalue weighted by molar-refractivity contribution is -0.149. The number of piperidine rings is 1. The molecular formula is C20H21FN2O3. The molecule has 1 amide bonds. The predicted octanol–water partition coefficient (Wildman–Crippen LogP) is 3.30. The molecule has 1 fully saturated rings. The minimum Gasteiger partial charge on any atom is -0.466 e. The first-order valence-corrected chi connectivity index (χ1v) is 8.76. The summed E-state index contributed by atoms with van der Waals surface area (Å²) in [5.41, 5.74) is 1.33. The van der Waals surface area contributed by atoms with Gasteiger partial charge in [0.05, 0.1) is 18.1 Å². The Hall–Kier alpha value is -2.76. The molecule has 1 saturated heterocycles. The first-order chi connectivity index (χ1) is 12.6. The fourth-order valence-electron chi connectivity index (χ4n) is 3.20. The van der Waals surface area contributed by atoms with E-state index in [0.29, 0.717) is 36.4 Å². The van der Waals surface area contributed by atoms with Gasteiger partial charge in [0.15, 0.2) is 0 Å². The first-order valence-electron chi connectivity index (χ1n) is 8.76. The second-order valence-corrected chi connectivity index (χ2v) is 6.28. The Balaban J connectivity index is 1.79. The summed E-state index contributed by atoms with van der Waals surface area (Å²) in [4.78, 5) is 30.5. The molecular weight excluding hydrogens is 335 g/mol. The maximum atomic E-state index is 14.0. The fraction of sp³-hybridized carbons (Fsp3) is 0.350. The van der Waals surface area contributed by atoms with Crippen LogP contribution in [0.5, 0.6) is 0 Å². The molecule has 1 aromatic carbocycles. The molecule has 1 aromatic heterocycles. The van der Waals surface area contributed by atoms with Gasteiger partial charge in [-0.25, -0.2) is 4.39 Å². The van der Waals surface area contributed by atoms with E-state index in [2.05, 4.69) is 4.98 Å². The Morgan fingerprint density at radius 3 is 2.88 bits per heavy atom. The van der Waals surface area contributed by atoms with Crippen LogP contribution in [0.15, 0.2) is 42.7 Å². The summed E-state index contributed by atoms with van der Waals surface area (Å²) >= 11 is 0. The number of hydrogen-bond acceptors (Lipinski definition) is 4. The highest BCUT2D eigenvalue weighted by molar-refractivity contribution is 5.95. The van der Waals surface area contributed by atoms with E-state index in [1.165, 1.54) is 18.5 Å². The van der Waals surface area contributed by atoms with Gasteiger partial charge in [0.1, 0.15) is 5.82 Å². The molecule has 5 nitrogen and oxygen atoms in total. The summed E-state index contributed by atoms with van der Waals surface area (Å²) in [6.45, 7) is 3.02. The number of ether oxygens (including phenoxy) is 1. The molecule has 0 saturated carbocycles. The molecule has 1 unspecified atom stereocenters. The molecule has 2 aromatic rings. The van der Waals surface area contributed by atoms with E-state index in [-0.39, 0.29) is 23.6 Å². The highest BCUT2D eigenvalue weighted by Gasteiger charge is 2.30. The molecule has 2 heterocycles. The van der Waals surface area contributed by atoms with Crippen molar-refractivity contribution in [1.29, 1.82) is 0 Å². The van der Waals surface area contributed by atoms with E-state index in [4.69, 9.17) is 4.74 Å². The van der Waals surface area contributed by atoms with Crippen LogP contribution >= 0.6 is 0 Å². The summed E-state index contributed by atoms with van der Waals surface area (Å²) in [7, 11) is 0. The van der Waals surface area contributed by atoms with Crippen LogP contribution < -0.4 is 0 Å². The molecule has 26 heavy (non-hydrogen) atoms. The van der Waals surface area contributed by atoms with Crippen molar-refractivity contribution in [2.45, 2.75) is 19.8 Å². The highest BCUT2D eigenvalue weighted by Crippen LogP contribution is 2.24. The van der Waals surface area contributed by atoms with E-state index < -0.39 is 0 Å². The van der Waals surface area contributed by atoms with Crippen LogP contribution in [0.25, 0.3) is 11.1 Å². The SMILES string of the molecule is CCOC(=O)C1CCCN(C(=O)c2cncc(-c3ccccc3F)c2)C1. The molecule has 0 aliphatic carbocycles. The van der Waals surface area contributed by atoms with Gasteiger partial charge in [0.25, 0.3) is 5.91 Å². The van der Waals surface area contributed by atoms with Crippen molar-refractivity contribution in [2.75, 3.05) is 19.7 Å². The lowest BCUT2D eigenvalue weighted by Gasteiger charge is -2.31. The monoisotopic (exact) mass is 356 g/mol. The van der Waals surface area contributed by atoms with Gasteiger partial charge in [-0.15, -0.1) is 0 Å². The number of amides is 1. The van der Waals surface area contributed by atoms with Gasteiger partial charge < -0.3 is 9.64 Å². The van der Waals surface area contributed by atoms with Gasteiger partial charge in [0, 0.05) is 36.6 Å². The molecule has 136 valence electrons. The Bertz CT molecular complexity index is 809. The Morgan fingerprint density at radius 1 is 1.31 bits per heavy atom. The summed E-state index contributed by atoms with van der Waals surface area (Å²) in [6.07, 6.45) is 4.47. The van der Waals surface area contributed by atoms with Crippen LogP contribution in [0.2, 0.25) is 0 Å². The molecule has 3 rings (SSSR count). The first kappa shape index (κ1) is 18.0. The molecule has 0 bridgehead atoms. The number of carbonyl (C=O) groups excluding carboxylic acids is 2. The van der Waals surface area contributed by atoms with Gasteiger partial charge in [-0.3, -0.25) is 14.6 Å². The third kappa shape index (κ3) is 3.90. The van der Waals surface area contributed by atoms with E-state index in [1.807, 2.05) is 0 Å². The zero-order valence-corrected chi connectivity index (χ0v) is 14.7. The maximum absolute atomic E-state index is 14.0. The molecule has 0 spiro atoms. The fourth-order valence-corrected chi connectivity index (χ4v) is 3.20. The molecule has 1 atom stereocenters. The van der Waals surface area contributed by atoms with E-state index in [0.717, 1.165) is 12.8 Å². The molecule has 0 radical (unpaired) electrons. The quantitative estimate of drug-likeness (QED) is 0.789. The van der Waals surface area contributed by atoms with E-state index >= 15 is 0 Å². The average Bonchev–Trinajstić information content (AvgIpc) is 2.68. The largest absolute Gasteiger partial charge is 0.466 e. The molecule has 0 N–H and O–H groups in total. The zero-order chi connectivity index (χ0) is 18.5. The Labute approximate surface area is 151 Å². The van der Waals surface area contributed by atoms with Gasteiger partial charge in [-0.05, 0) is 31.9 Å². The zero-order valence-electron chi connectivity index (χ0n) is 14.7. The number of aromatic nitrogens is 1. The van der Waals surface area contributed by atoms with Crippen LogP contribution in [0.4, 0.5) is 4.39 Å². The van der Waals surface area contributed by atoms with Crippen LogP contribution in [-0.4, -0.2) is 41.5 Å². The standard InChI is InChI=1S/C20H21FN2O3/c1-2-26-20(25)14-6-5-9-23(13-14)19(24)16-10-15(11-22-12-16)17-7-3-4-8-18(17)21/h3-4,7-8,10-12,14H,2,5-6,9,13H2,1H3. The van der Waals surface area contributed by atoms with Crippen molar-refractivity contribution >= 4 is 11.9 Å². The average molecular weight is 356 g/mol. The number of likely N-dealkylation sites (tertiary alicyclic amines) is 1. The number of nitrogens with zero attached hydrogens (tertiary/aromatic N) is 2. The van der Waals surface area contributed by atoms with Gasteiger partial charge >= 0.3 is 5.97 Å². The molecule has 1 aliphatic heterocycles. The van der Waals surface area contributed by atoms with Crippen molar-refractivity contribution in [3.05, 3.63) is 54.1 Å². The smallest absolute Gasteiger partial charge is 0.310 e. The van der Waals surface area contributed by atoms with Crippen LogP contribution in [0, 0.1) is 11.7 Å². The number of hydrogen-bond donors (Lipinski definition) is 0. The van der Waals surface area contributed by atoms with Gasteiger partial charge in [-0.1, -0.05) is 18.2 Å². The number of halogens is 1. The second-order valence-electron chi connectivity index (χ2n) is 6.28. The number of esters is 1. The second kappa shape index (κ2) is 8.08. The summed E-state index contributed by atoms with van der Waals surface area (Å²) in [6, 6.07) is 8.02. The lowest BCUT2D eigenvalue weighted by Crippen LogP contribution is -2.42. The van der Waals surface area contributed by atoms with Crippen molar-refractivity contribution in [3.63, 3.8) is 0 Å². The summed E-state index contributed by atoms with van der Waals surface area (Å²) in [5, 5.41) is 0. The van der Waals surface area contributed by atoms with Crippen molar-refractivity contribution in [1.82, 2.24) is 9.88 Å². The maximum Gasteiger partial charge on any atom is 0.310 e.